The molecule has 0 radical (unpaired) electrons. The molecule has 3 rings (SSSR count). The lowest BCUT2D eigenvalue weighted by Crippen LogP contribution is -2.12. The van der Waals surface area contributed by atoms with Crippen molar-refractivity contribution >= 4 is 28.4 Å². The summed E-state index contributed by atoms with van der Waals surface area (Å²) in [5.41, 5.74) is 8.30. The lowest BCUT2D eigenvalue weighted by atomic mass is 10.0. The van der Waals surface area contributed by atoms with E-state index in [1.54, 1.807) is 13.2 Å². The molecule has 0 saturated heterocycles. The van der Waals surface area contributed by atoms with Gasteiger partial charge in [0.25, 0.3) is 5.91 Å². The number of benzene rings is 2. The van der Waals surface area contributed by atoms with Crippen molar-refractivity contribution in [2.24, 2.45) is 5.73 Å². The molecular weight excluding hydrogens is 288 g/mol. The largest absolute Gasteiger partial charge is 0.497 e. The van der Waals surface area contributed by atoms with Crippen molar-refractivity contribution in [1.82, 2.24) is 4.98 Å². The molecule has 0 saturated carbocycles. The minimum Gasteiger partial charge on any atom is -0.497 e. The van der Waals surface area contributed by atoms with Gasteiger partial charge in [0.15, 0.2) is 0 Å². The quantitative estimate of drug-likeness (QED) is 0.776. The summed E-state index contributed by atoms with van der Waals surface area (Å²) in [6.45, 7) is 0. The molecule has 0 atom stereocenters. The van der Waals surface area contributed by atoms with Crippen LogP contribution in [0.3, 0.4) is 0 Å². The van der Waals surface area contributed by atoms with E-state index in [0.29, 0.717) is 10.7 Å². The average Bonchev–Trinajstić information content (AvgIpc) is 2.86. The van der Waals surface area contributed by atoms with Gasteiger partial charge in [0.1, 0.15) is 11.4 Å². The number of aromatic nitrogens is 1. The molecule has 0 aliphatic heterocycles. The number of primary amides is 1. The number of rotatable bonds is 3. The van der Waals surface area contributed by atoms with E-state index < -0.39 is 5.91 Å². The number of halogens is 1. The topological polar surface area (TPSA) is 68.1 Å². The number of aromatic amines is 1. The first-order valence-corrected chi connectivity index (χ1v) is 6.73. The molecule has 21 heavy (non-hydrogen) atoms. The summed E-state index contributed by atoms with van der Waals surface area (Å²) >= 11 is 6.06. The molecule has 5 heteroatoms. The highest BCUT2D eigenvalue weighted by Crippen LogP contribution is 2.34. The van der Waals surface area contributed by atoms with Gasteiger partial charge >= 0.3 is 0 Å². The zero-order valence-corrected chi connectivity index (χ0v) is 12.1. The van der Waals surface area contributed by atoms with Crippen LogP contribution in [0, 0.1) is 0 Å². The van der Waals surface area contributed by atoms with Gasteiger partial charge in [-0.25, -0.2) is 0 Å². The second-order valence-corrected chi connectivity index (χ2v) is 5.09. The molecule has 3 aromatic rings. The highest BCUT2D eigenvalue weighted by atomic mass is 35.5. The minimum absolute atomic E-state index is 0.373. The Morgan fingerprint density at radius 3 is 2.52 bits per heavy atom. The third-order valence-electron chi connectivity index (χ3n) is 3.39. The Morgan fingerprint density at radius 2 is 1.90 bits per heavy atom. The van der Waals surface area contributed by atoms with Crippen LogP contribution in [-0.2, 0) is 0 Å². The number of methoxy groups -OCH3 is 1. The van der Waals surface area contributed by atoms with Crippen LogP contribution in [0.2, 0.25) is 5.02 Å². The number of hydrogen-bond acceptors (Lipinski definition) is 2. The number of fused-ring (bicyclic) bond motifs is 1. The standard InChI is InChI=1S/C16H13ClN2O2/c1-21-11-5-2-9(3-6-11)14-12-8-10(17)4-7-13(12)19-15(14)16(18)20/h2-8,19H,1H3,(H2,18,20). The Bertz CT molecular complexity index is 822. The van der Waals surface area contributed by atoms with Crippen LogP contribution in [-0.4, -0.2) is 18.0 Å². The number of hydrogen-bond donors (Lipinski definition) is 2. The number of carbonyl (C=O) groups is 1. The normalized spacial score (nSPS) is 10.8. The predicted octanol–water partition coefficient (Wildman–Crippen LogP) is 3.60. The fraction of sp³-hybridized carbons (Fsp3) is 0.0625. The summed E-state index contributed by atoms with van der Waals surface area (Å²) in [6, 6.07) is 12.9. The average molecular weight is 301 g/mol. The number of nitrogens with two attached hydrogens (primary N) is 1. The number of ether oxygens (including phenoxy) is 1. The van der Waals surface area contributed by atoms with Gasteiger partial charge in [-0.15, -0.1) is 0 Å². The Balaban J connectivity index is 2.29. The maximum absolute atomic E-state index is 11.7. The van der Waals surface area contributed by atoms with E-state index >= 15 is 0 Å². The number of nitrogens with one attached hydrogen (secondary N) is 1. The second kappa shape index (κ2) is 5.14. The highest BCUT2D eigenvalue weighted by Gasteiger charge is 2.17. The minimum atomic E-state index is -0.506. The summed E-state index contributed by atoms with van der Waals surface area (Å²) in [5, 5.41) is 1.47. The zero-order valence-electron chi connectivity index (χ0n) is 11.3. The van der Waals surface area contributed by atoms with Crippen molar-refractivity contribution in [3.63, 3.8) is 0 Å². The summed E-state index contributed by atoms with van der Waals surface area (Å²) in [7, 11) is 1.61. The van der Waals surface area contributed by atoms with Crippen molar-refractivity contribution in [3.05, 3.63) is 53.2 Å². The van der Waals surface area contributed by atoms with Gasteiger partial charge in [-0.3, -0.25) is 4.79 Å². The molecule has 0 bridgehead atoms. The first kappa shape index (κ1) is 13.5. The van der Waals surface area contributed by atoms with Gasteiger partial charge in [-0.05, 0) is 35.9 Å². The molecule has 0 fully saturated rings. The van der Waals surface area contributed by atoms with E-state index in [0.717, 1.165) is 27.8 Å². The lowest BCUT2D eigenvalue weighted by molar-refractivity contribution is 0.0997. The van der Waals surface area contributed by atoms with Gasteiger partial charge in [0.05, 0.1) is 7.11 Å². The van der Waals surface area contributed by atoms with E-state index in [-0.39, 0.29) is 0 Å². The molecule has 0 aliphatic carbocycles. The predicted molar refractivity (Wildman–Crippen MR) is 83.8 cm³/mol. The fourth-order valence-electron chi connectivity index (χ4n) is 2.41. The number of H-pyrrole nitrogens is 1. The van der Waals surface area contributed by atoms with E-state index in [9.17, 15) is 4.79 Å². The summed E-state index contributed by atoms with van der Waals surface area (Å²) in [5.74, 6) is 0.241. The first-order valence-electron chi connectivity index (χ1n) is 6.35. The lowest BCUT2D eigenvalue weighted by Gasteiger charge is -2.05. The van der Waals surface area contributed by atoms with Crippen molar-refractivity contribution in [3.8, 4) is 16.9 Å². The van der Waals surface area contributed by atoms with Gasteiger partial charge in [-0.1, -0.05) is 23.7 Å². The smallest absolute Gasteiger partial charge is 0.265 e. The van der Waals surface area contributed by atoms with Crippen LogP contribution in [0.4, 0.5) is 0 Å². The second-order valence-electron chi connectivity index (χ2n) is 4.66. The SMILES string of the molecule is COc1ccc(-c2c(C(N)=O)[nH]c3ccc(Cl)cc23)cc1. The Labute approximate surface area is 126 Å². The zero-order chi connectivity index (χ0) is 15.0. The molecule has 0 aliphatic rings. The van der Waals surface area contributed by atoms with E-state index in [1.807, 2.05) is 36.4 Å². The molecule has 2 aromatic carbocycles. The van der Waals surface area contributed by atoms with Crippen LogP contribution >= 0.6 is 11.6 Å². The maximum atomic E-state index is 11.7. The van der Waals surface area contributed by atoms with Crippen molar-refractivity contribution in [2.45, 2.75) is 0 Å². The van der Waals surface area contributed by atoms with Crippen LogP contribution in [0.25, 0.3) is 22.0 Å². The molecule has 0 spiro atoms. The molecule has 106 valence electrons. The summed E-state index contributed by atoms with van der Waals surface area (Å²) in [6.07, 6.45) is 0. The van der Waals surface area contributed by atoms with Crippen LogP contribution < -0.4 is 10.5 Å². The monoisotopic (exact) mass is 300 g/mol. The van der Waals surface area contributed by atoms with Crippen molar-refractivity contribution in [2.75, 3.05) is 7.11 Å². The van der Waals surface area contributed by atoms with Crippen LogP contribution in [0.1, 0.15) is 10.5 Å². The van der Waals surface area contributed by atoms with Crippen molar-refractivity contribution in [1.29, 1.82) is 0 Å². The molecule has 1 amide bonds. The molecular formula is C16H13ClN2O2. The summed E-state index contributed by atoms with van der Waals surface area (Å²) in [4.78, 5) is 14.8. The van der Waals surface area contributed by atoms with Gasteiger partial charge in [0, 0.05) is 21.5 Å². The molecule has 1 aromatic heterocycles. The van der Waals surface area contributed by atoms with E-state index in [1.165, 1.54) is 0 Å². The molecule has 0 unspecified atom stereocenters. The van der Waals surface area contributed by atoms with E-state index in [2.05, 4.69) is 4.98 Å². The molecule has 4 nitrogen and oxygen atoms in total. The van der Waals surface area contributed by atoms with Gasteiger partial charge in [0.2, 0.25) is 0 Å². The highest BCUT2D eigenvalue weighted by molar-refractivity contribution is 6.31. The van der Waals surface area contributed by atoms with Gasteiger partial charge in [-0.2, -0.15) is 0 Å². The van der Waals surface area contributed by atoms with Gasteiger partial charge < -0.3 is 15.5 Å². The molecule has 3 N–H and O–H groups in total. The van der Waals surface area contributed by atoms with Crippen molar-refractivity contribution < 1.29 is 9.53 Å². The van der Waals surface area contributed by atoms with Crippen LogP contribution in [0.15, 0.2) is 42.5 Å². The number of carbonyl (C=O) groups excluding carboxylic acids is 1. The Kier molecular flexibility index (Phi) is 3.31. The fourth-order valence-corrected chi connectivity index (χ4v) is 2.58. The third-order valence-corrected chi connectivity index (χ3v) is 3.62. The number of amides is 1. The first-order chi connectivity index (χ1) is 10.1. The van der Waals surface area contributed by atoms with Crippen LogP contribution in [0.5, 0.6) is 5.75 Å². The molecule has 1 heterocycles. The third kappa shape index (κ3) is 2.34. The Hall–Kier alpha value is -2.46. The maximum Gasteiger partial charge on any atom is 0.265 e. The summed E-state index contributed by atoms with van der Waals surface area (Å²) < 4.78 is 5.15. The van der Waals surface area contributed by atoms with E-state index in [4.69, 9.17) is 22.1 Å². The Morgan fingerprint density at radius 1 is 1.19 bits per heavy atom.